The Hall–Kier alpha value is -1.71. The molecule has 1 unspecified atom stereocenters. The van der Waals surface area contributed by atoms with Gasteiger partial charge in [0.15, 0.2) is 0 Å². The van der Waals surface area contributed by atoms with Gasteiger partial charge < -0.3 is 16.4 Å². The highest BCUT2D eigenvalue weighted by atomic mass is 16.2. The fourth-order valence-electron chi connectivity index (χ4n) is 3.15. The summed E-state index contributed by atoms with van der Waals surface area (Å²) in [5.74, 6) is 0.713. The number of carbonyl (C=O) groups is 1. The van der Waals surface area contributed by atoms with Crippen LogP contribution in [-0.2, 0) is 0 Å². The second-order valence-electron chi connectivity index (χ2n) is 7.17. The average Bonchev–Trinajstić information content (AvgIpc) is 2.61. The number of likely N-dealkylation sites (tertiary alicyclic amines) is 1. The minimum atomic E-state index is 0.0450. The molecule has 1 amide bonds. The molecule has 1 aromatic carbocycles. The smallest absolute Gasteiger partial charge is 0.254 e. The Bertz CT molecular complexity index is 499. The van der Waals surface area contributed by atoms with E-state index in [9.17, 15) is 4.79 Å². The van der Waals surface area contributed by atoms with E-state index < -0.39 is 0 Å². The SMILES string of the molecule is CC(C)(C)C1CCCN(C(=O)c2cc(N)cc(N)c2)CC1. The Morgan fingerprint density at radius 1 is 1.10 bits per heavy atom. The Kier molecular flexibility index (Phi) is 4.45. The number of rotatable bonds is 1. The minimum Gasteiger partial charge on any atom is -0.399 e. The third-order valence-electron chi connectivity index (χ3n) is 4.46. The number of hydrogen-bond donors (Lipinski definition) is 2. The molecule has 21 heavy (non-hydrogen) atoms. The van der Waals surface area contributed by atoms with E-state index in [2.05, 4.69) is 20.8 Å². The number of anilines is 2. The first-order valence-electron chi connectivity index (χ1n) is 7.72. The second kappa shape index (κ2) is 5.96. The van der Waals surface area contributed by atoms with Gasteiger partial charge in [0.1, 0.15) is 0 Å². The maximum Gasteiger partial charge on any atom is 0.254 e. The molecule has 1 aliphatic rings. The Labute approximate surface area is 127 Å². The van der Waals surface area contributed by atoms with Crippen molar-refractivity contribution < 1.29 is 4.79 Å². The van der Waals surface area contributed by atoms with Gasteiger partial charge in [-0.2, -0.15) is 0 Å². The molecule has 4 N–H and O–H groups in total. The van der Waals surface area contributed by atoms with Crippen LogP contribution < -0.4 is 11.5 Å². The minimum absolute atomic E-state index is 0.0450. The average molecular weight is 289 g/mol. The quantitative estimate of drug-likeness (QED) is 0.780. The number of carbonyl (C=O) groups excluding carboxylic acids is 1. The number of hydrogen-bond acceptors (Lipinski definition) is 3. The summed E-state index contributed by atoms with van der Waals surface area (Å²) in [7, 11) is 0. The predicted molar refractivity (Wildman–Crippen MR) is 88.0 cm³/mol. The third kappa shape index (κ3) is 3.90. The summed E-state index contributed by atoms with van der Waals surface area (Å²) in [5.41, 5.74) is 13.6. The van der Waals surface area contributed by atoms with Gasteiger partial charge in [0.2, 0.25) is 0 Å². The van der Waals surface area contributed by atoms with Crippen LogP contribution in [0.4, 0.5) is 11.4 Å². The van der Waals surface area contributed by atoms with E-state index in [1.165, 1.54) is 6.42 Å². The van der Waals surface area contributed by atoms with Crippen LogP contribution >= 0.6 is 0 Å². The van der Waals surface area contributed by atoms with E-state index in [0.717, 1.165) is 25.9 Å². The molecule has 1 heterocycles. The van der Waals surface area contributed by atoms with Crippen LogP contribution in [-0.4, -0.2) is 23.9 Å². The van der Waals surface area contributed by atoms with Crippen LogP contribution in [0.25, 0.3) is 0 Å². The van der Waals surface area contributed by atoms with Gasteiger partial charge in [-0.15, -0.1) is 0 Å². The molecule has 0 spiro atoms. The number of benzene rings is 1. The van der Waals surface area contributed by atoms with Crippen molar-refractivity contribution in [3.63, 3.8) is 0 Å². The Morgan fingerprint density at radius 3 is 2.29 bits per heavy atom. The molecule has 0 bridgehead atoms. The van der Waals surface area contributed by atoms with Crippen LogP contribution in [0.3, 0.4) is 0 Å². The van der Waals surface area contributed by atoms with Crippen molar-refractivity contribution in [2.24, 2.45) is 11.3 Å². The van der Waals surface area contributed by atoms with Gasteiger partial charge in [0, 0.05) is 30.0 Å². The van der Waals surface area contributed by atoms with E-state index in [-0.39, 0.29) is 5.91 Å². The lowest BCUT2D eigenvalue weighted by molar-refractivity contribution is 0.0755. The van der Waals surface area contributed by atoms with E-state index in [0.29, 0.717) is 28.3 Å². The molecule has 1 aliphatic heterocycles. The van der Waals surface area contributed by atoms with Crippen LogP contribution in [0, 0.1) is 11.3 Å². The molecule has 1 saturated heterocycles. The summed E-state index contributed by atoms with van der Waals surface area (Å²) in [6, 6.07) is 5.10. The van der Waals surface area contributed by atoms with Crippen molar-refractivity contribution in [2.45, 2.75) is 40.0 Å². The monoisotopic (exact) mass is 289 g/mol. The summed E-state index contributed by atoms with van der Waals surface area (Å²) in [6.45, 7) is 8.49. The van der Waals surface area contributed by atoms with Gasteiger partial charge in [-0.3, -0.25) is 4.79 Å². The third-order valence-corrected chi connectivity index (χ3v) is 4.46. The number of nitrogens with two attached hydrogens (primary N) is 2. The summed E-state index contributed by atoms with van der Waals surface area (Å²) >= 11 is 0. The lowest BCUT2D eigenvalue weighted by atomic mass is 9.77. The maximum absolute atomic E-state index is 12.6. The molecule has 4 nitrogen and oxygen atoms in total. The molecule has 0 aromatic heterocycles. The van der Waals surface area contributed by atoms with Crippen molar-refractivity contribution in [1.82, 2.24) is 4.90 Å². The highest BCUT2D eigenvalue weighted by Gasteiger charge is 2.28. The number of amides is 1. The molecule has 1 aromatic rings. The first kappa shape index (κ1) is 15.7. The molecule has 2 rings (SSSR count). The molecular formula is C17H27N3O. The fraction of sp³-hybridized carbons (Fsp3) is 0.588. The van der Waals surface area contributed by atoms with Crippen LogP contribution in [0.5, 0.6) is 0 Å². The topological polar surface area (TPSA) is 72.3 Å². The van der Waals surface area contributed by atoms with E-state index in [4.69, 9.17) is 11.5 Å². The fourth-order valence-corrected chi connectivity index (χ4v) is 3.15. The summed E-state index contributed by atoms with van der Waals surface area (Å²) in [4.78, 5) is 14.6. The Morgan fingerprint density at radius 2 is 1.71 bits per heavy atom. The first-order valence-corrected chi connectivity index (χ1v) is 7.72. The van der Waals surface area contributed by atoms with Crippen LogP contribution in [0.1, 0.15) is 50.4 Å². The summed E-state index contributed by atoms with van der Waals surface area (Å²) in [5, 5.41) is 0. The zero-order valence-corrected chi connectivity index (χ0v) is 13.4. The van der Waals surface area contributed by atoms with Crippen molar-refractivity contribution in [2.75, 3.05) is 24.6 Å². The molecule has 4 heteroatoms. The standard InChI is InChI=1S/C17H27N3O/c1-17(2,3)13-5-4-7-20(8-6-13)16(21)12-9-14(18)11-15(19)10-12/h9-11,13H,4-8,18-19H2,1-3H3. The van der Waals surface area contributed by atoms with E-state index >= 15 is 0 Å². The highest BCUT2D eigenvalue weighted by molar-refractivity contribution is 5.96. The molecule has 116 valence electrons. The molecule has 1 fully saturated rings. The van der Waals surface area contributed by atoms with Crippen LogP contribution in [0.15, 0.2) is 18.2 Å². The van der Waals surface area contributed by atoms with Gasteiger partial charge in [-0.1, -0.05) is 20.8 Å². The second-order valence-corrected chi connectivity index (χ2v) is 7.17. The van der Waals surface area contributed by atoms with Gasteiger partial charge in [-0.05, 0) is 48.8 Å². The molecule has 0 radical (unpaired) electrons. The van der Waals surface area contributed by atoms with Crippen molar-refractivity contribution in [3.05, 3.63) is 23.8 Å². The van der Waals surface area contributed by atoms with Crippen molar-refractivity contribution >= 4 is 17.3 Å². The van der Waals surface area contributed by atoms with E-state index in [1.54, 1.807) is 18.2 Å². The normalized spacial score (nSPS) is 20.1. The van der Waals surface area contributed by atoms with Gasteiger partial charge in [0.25, 0.3) is 5.91 Å². The number of nitrogen functional groups attached to an aromatic ring is 2. The lowest BCUT2D eigenvalue weighted by Gasteiger charge is -2.29. The zero-order valence-electron chi connectivity index (χ0n) is 13.4. The predicted octanol–water partition coefficient (Wildman–Crippen LogP) is 3.14. The van der Waals surface area contributed by atoms with Crippen molar-refractivity contribution in [3.8, 4) is 0 Å². The van der Waals surface area contributed by atoms with Gasteiger partial charge in [-0.25, -0.2) is 0 Å². The molecular weight excluding hydrogens is 262 g/mol. The van der Waals surface area contributed by atoms with Crippen molar-refractivity contribution in [1.29, 1.82) is 0 Å². The maximum atomic E-state index is 12.6. The molecule has 1 atom stereocenters. The van der Waals surface area contributed by atoms with E-state index in [1.807, 2.05) is 4.90 Å². The van der Waals surface area contributed by atoms with Crippen LogP contribution in [0.2, 0.25) is 0 Å². The molecule has 0 aliphatic carbocycles. The lowest BCUT2D eigenvalue weighted by Crippen LogP contribution is -2.32. The highest BCUT2D eigenvalue weighted by Crippen LogP contribution is 2.34. The zero-order chi connectivity index (χ0) is 15.6. The van der Waals surface area contributed by atoms with Gasteiger partial charge in [0.05, 0.1) is 0 Å². The first-order chi connectivity index (χ1) is 9.77. The Balaban J connectivity index is 2.10. The van der Waals surface area contributed by atoms with Gasteiger partial charge >= 0.3 is 0 Å². The summed E-state index contributed by atoms with van der Waals surface area (Å²) < 4.78 is 0. The largest absolute Gasteiger partial charge is 0.399 e. The number of nitrogens with zero attached hydrogens (tertiary/aromatic N) is 1. The molecule has 0 saturated carbocycles. The summed E-state index contributed by atoms with van der Waals surface area (Å²) in [6.07, 6.45) is 3.31.